The molecule has 1 saturated heterocycles. The van der Waals surface area contributed by atoms with Gasteiger partial charge in [0.1, 0.15) is 0 Å². The van der Waals surface area contributed by atoms with Crippen molar-refractivity contribution in [2.75, 3.05) is 0 Å². The highest BCUT2D eigenvalue weighted by molar-refractivity contribution is 8.18. The van der Waals surface area contributed by atoms with E-state index >= 15 is 0 Å². The number of aliphatic imine (C=N–C) groups is 1. The molecule has 5 heteroatoms. The van der Waals surface area contributed by atoms with Crippen LogP contribution >= 0.6 is 23.4 Å². The Morgan fingerprint density at radius 2 is 2.00 bits per heavy atom. The van der Waals surface area contributed by atoms with Gasteiger partial charge in [-0.2, -0.15) is 0 Å². The molecule has 0 aromatic heterocycles. The average Bonchev–Trinajstić information content (AvgIpc) is 2.65. The molecule has 1 aromatic carbocycles. The van der Waals surface area contributed by atoms with Gasteiger partial charge in [0, 0.05) is 17.1 Å². The molecule has 3 nitrogen and oxygen atoms in total. The van der Waals surface area contributed by atoms with Crippen LogP contribution < -0.4 is 0 Å². The van der Waals surface area contributed by atoms with Gasteiger partial charge in [-0.05, 0) is 63.2 Å². The van der Waals surface area contributed by atoms with E-state index in [-0.39, 0.29) is 18.0 Å². The molecule has 21 heavy (non-hydrogen) atoms. The molecule has 1 heterocycles. The molecule has 1 aliphatic heterocycles. The fourth-order valence-corrected chi connectivity index (χ4v) is 3.43. The van der Waals surface area contributed by atoms with E-state index in [0.29, 0.717) is 9.93 Å². The number of halogens is 1. The Balaban J connectivity index is 2.36. The zero-order chi connectivity index (χ0) is 15.6. The van der Waals surface area contributed by atoms with Gasteiger partial charge < -0.3 is 0 Å². The van der Waals surface area contributed by atoms with Crippen LogP contribution in [0.15, 0.2) is 34.2 Å². The molecule has 0 spiro atoms. The standard InChI is InChI=1S/C16H19ClN2OS/c1-10(2)18-16-19(11(3)4)15(20)14(21-16)9-12-6-5-7-13(17)8-12/h5-11H,1-4H3/b14-9+,18-16?. The second-order valence-corrected chi connectivity index (χ2v) is 6.89. The first-order valence-corrected chi connectivity index (χ1v) is 8.14. The third-order valence-corrected chi connectivity index (χ3v) is 4.10. The van der Waals surface area contributed by atoms with Crippen molar-refractivity contribution in [3.63, 3.8) is 0 Å². The zero-order valence-corrected chi connectivity index (χ0v) is 14.2. The number of hydrogen-bond acceptors (Lipinski definition) is 3. The Morgan fingerprint density at radius 1 is 1.29 bits per heavy atom. The maximum absolute atomic E-state index is 12.6. The lowest BCUT2D eigenvalue weighted by Gasteiger charge is -2.20. The van der Waals surface area contributed by atoms with Gasteiger partial charge in [0.2, 0.25) is 0 Å². The third-order valence-electron chi connectivity index (χ3n) is 2.87. The van der Waals surface area contributed by atoms with Crippen LogP contribution in [0.3, 0.4) is 0 Å². The lowest BCUT2D eigenvalue weighted by molar-refractivity contribution is -0.123. The molecule has 0 N–H and O–H groups in total. The number of amides is 1. The van der Waals surface area contributed by atoms with Gasteiger partial charge in [0.05, 0.1) is 4.91 Å². The number of carbonyl (C=O) groups excluding carboxylic acids is 1. The van der Waals surface area contributed by atoms with E-state index in [0.717, 1.165) is 10.7 Å². The van der Waals surface area contributed by atoms with E-state index in [1.807, 2.05) is 58.0 Å². The predicted octanol–water partition coefficient (Wildman–Crippen LogP) is 4.43. The summed E-state index contributed by atoms with van der Waals surface area (Å²) in [5.74, 6) is 0.00868. The summed E-state index contributed by atoms with van der Waals surface area (Å²) < 4.78 is 0. The number of benzene rings is 1. The molecule has 112 valence electrons. The second-order valence-electron chi connectivity index (χ2n) is 5.44. The van der Waals surface area contributed by atoms with Gasteiger partial charge in [0.15, 0.2) is 5.17 Å². The monoisotopic (exact) mass is 322 g/mol. The van der Waals surface area contributed by atoms with Crippen LogP contribution in [-0.2, 0) is 4.79 Å². The Labute approximate surface area is 135 Å². The van der Waals surface area contributed by atoms with Crippen LogP contribution in [0.4, 0.5) is 0 Å². The molecule has 0 bridgehead atoms. The van der Waals surface area contributed by atoms with E-state index in [1.165, 1.54) is 11.8 Å². The fraction of sp³-hybridized carbons (Fsp3) is 0.375. The van der Waals surface area contributed by atoms with Gasteiger partial charge in [-0.1, -0.05) is 23.7 Å². The summed E-state index contributed by atoms with van der Waals surface area (Å²) in [6, 6.07) is 7.73. The van der Waals surface area contributed by atoms with Gasteiger partial charge in [0.25, 0.3) is 5.91 Å². The molecule has 1 aromatic rings. The highest BCUT2D eigenvalue weighted by Gasteiger charge is 2.35. The molecule has 1 aliphatic rings. The smallest absolute Gasteiger partial charge is 0.266 e. The molecular formula is C16H19ClN2OS. The van der Waals surface area contributed by atoms with E-state index in [4.69, 9.17) is 11.6 Å². The largest absolute Gasteiger partial charge is 0.284 e. The minimum Gasteiger partial charge on any atom is -0.284 e. The molecule has 0 aliphatic carbocycles. The number of amidine groups is 1. The topological polar surface area (TPSA) is 32.7 Å². The van der Waals surface area contributed by atoms with Crippen molar-refractivity contribution in [1.82, 2.24) is 4.90 Å². The SMILES string of the molecule is CC(C)N=C1S/C(=C/c2cccc(Cl)c2)C(=O)N1C(C)C. The van der Waals surface area contributed by atoms with Crippen LogP contribution in [0.1, 0.15) is 33.3 Å². The van der Waals surface area contributed by atoms with Gasteiger partial charge in [-0.15, -0.1) is 0 Å². The van der Waals surface area contributed by atoms with Crippen LogP contribution in [0.25, 0.3) is 6.08 Å². The molecule has 0 atom stereocenters. The molecule has 2 rings (SSSR count). The summed E-state index contributed by atoms with van der Waals surface area (Å²) >= 11 is 7.42. The normalized spacial score (nSPS) is 19.6. The highest BCUT2D eigenvalue weighted by atomic mass is 35.5. The van der Waals surface area contributed by atoms with Crippen molar-refractivity contribution in [2.45, 2.75) is 39.8 Å². The average molecular weight is 323 g/mol. The van der Waals surface area contributed by atoms with E-state index in [1.54, 1.807) is 4.90 Å². The van der Waals surface area contributed by atoms with Crippen LogP contribution in [-0.4, -0.2) is 28.1 Å². The first-order valence-electron chi connectivity index (χ1n) is 6.95. The molecular weight excluding hydrogens is 304 g/mol. The summed E-state index contributed by atoms with van der Waals surface area (Å²) in [6.07, 6.45) is 1.87. The predicted molar refractivity (Wildman–Crippen MR) is 91.6 cm³/mol. The number of thioether (sulfide) groups is 1. The quantitative estimate of drug-likeness (QED) is 0.771. The Bertz CT molecular complexity index is 608. The highest BCUT2D eigenvalue weighted by Crippen LogP contribution is 2.34. The summed E-state index contributed by atoms with van der Waals surface area (Å²) in [6.45, 7) is 8.01. The Kier molecular flexibility index (Phi) is 5.12. The lowest BCUT2D eigenvalue weighted by atomic mass is 10.2. The van der Waals surface area contributed by atoms with Gasteiger partial charge >= 0.3 is 0 Å². The van der Waals surface area contributed by atoms with E-state index in [2.05, 4.69) is 4.99 Å². The molecule has 1 amide bonds. The number of nitrogens with zero attached hydrogens (tertiary/aromatic N) is 2. The molecule has 0 saturated carbocycles. The maximum Gasteiger partial charge on any atom is 0.266 e. The first kappa shape index (κ1) is 16.1. The molecule has 0 unspecified atom stereocenters. The van der Waals surface area contributed by atoms with Gasteiger partial charge in [-0.25, -0.2) is 0 Å². The summed E-state index contributed by atoms with van der Waals surface area (Å²) in [4.78, 5) is 19.5. The lowest BCUT2D eigenvalue weighted by Crippen LogP contribution is -2.35. The van der Waals surface area contributed by atoms with E-state index in [9.17, 15) is 4.79 Å². The van der Waals surface area contributed by atoms with Crippen molar-refractivity contribution in [3.8, 4) is 0 Å². The van der Waals surface area contributed by atoms with Crippen LogP contribution in [0, 0.1) is 0 Å². The summed E-state index contributed by atoms with van der Waals surface area (Å²) in [7, 11) is 0. The summed E-state index contributed by atoms with van der Waals surface area (Å²) in [5.41, 5.74) is 0.924. The van der Waals surface area contributed by atoms with Crippen molar-refractivity contribution in [2.24, 2.45) is 4.99 Å². The number of rotatable bonds is 3. The zero-order valence-electron chi connectivity index (χ0n) is 12.6. The van der Waals surface area contributed by atoms with Crippen LogP contribution in [0.2, 0.25) is 5.02 Å². The van der Waals surface area contributed by atoms with Crippen molar-refractivity contribution < 1.29 is 4.79 Å². The summed E-state index contributed by atoms with van der Waals surface area (Å²) in [5, 5.41) is 1.44. The maximum atomic E-state index is 12.6. The molecule has 0 radical (unpaired) electrons. The first-order chi connectivity index (χ1) is 9.88. The van der Waals surface area contributed by atoms with Crippen molar-refractivity contribution >= 4 is 40.5 Å². The third kappa shape index (κ3) is 3.89. The number of carbonyl (C=O) groups is 1. The van der Waals surface area contributed by atoms with Crippen molar-refractivity contribution in [3.05, 3.63) is 39.8 Å². The number of hydrogen-bond donors (Lipinski definition) is 0. The van der Waals surface area contributed by atoms with Crippen molar-refractivity contribution in [1.29, 1.82) is 0 Å². The minimum atomic E-state index is 0.00868. The fourth-order valence-electron chi connectivity index (χ4n) is 2.00. The van der Waals surface area contributed by atoms with Gasteiger partial charge in [-0.3, -0.25) is 14.7 Å². The Hall–Kier alpha value is -1.26. The Morgan fingerprint density at radius 3 is 2.57 bits per heavy atom. The van der Waals surface area contributed by atoms with Crippen LogP contribution in [0.5, 0.6) is 0 Å². The minimum absolute atomic E-state index is 0.00868. The second kappa shape index (κ2) is 6.67. The molecule has 1 fully saturated rings. The van der Waals surface area contributed by atoms with E-state index < -0.39 is 0 Å².